The van der Waals surface area contributed by atoms with Crippen LogP contribution in [0.4, 0.5) is 0 Å². The van der Waals surface area contributed by atoms with E-state index in [1.165, 1.54) is 9.87 Å². The van der Waals surface area contributed by atoms with Crippen LogP contribution in [-0.2, 0) is 16.4 Å². The molecule has 2 aliphatic heterocycles. The van der Waals surface area contributed by atoms with E-state index in [0.717, 1.165) is 36.1 Å². The Morgan fingerprint density at radius 2 is 1.52 bits per heavy atom. The Kier molecular flexibility index (Phi) is 9.08. The summed E-state index contributed by atoms with van der Waals surface area (Å²) in [5.41, 5.74) is 3.67. The monoisotopic (exact) mass is 592 g/mol. The van der Waals surface area contributed by atoms with Crippen molar-refractivity contribution in [3.05, 3.63) is 82.9 Å². The lowest BCUT2D eigenvalue weighted by Crippen LogP contribution is -2.42. The van der Waals surface area contributed by atoms with Gasteiger partial charge in [0.15, 0.2) is 11.5 Å². The molecule has 2 heterocycles. The van der Waals surface area contributed by atoms with Gasteiger partial charge in [0.2, 0.25) is 10.0 Å². The lowest BCUT2D eigenvalue weighted by atomic mass is 9.91. The summed E-state index contributed by atoms with van der Waals surface area (Å²) in [6, 6.07) is 17.9. The van der Waals surface area contributed by atoms with Gasteiger partial charge in [-0.15, -0.1) is 0 Å². The number of ether oxygens (including phenoxy) is 3. The second kappa shape index (κ2) is 12.8. The zero-order valence-corrected chi connectivity index (χ0v) is 25.7. The number of piperidine rings is 1. The molecule has 3 aromatic rings. The molecular formula is C33H40N2O6S. The molecule has 8 nitrogen and oxygen atoms in total. The fourth-order valence-corrected chi connectivity index (χ4v) is 7.28. The molecule has 2 aliphatic rings. The maximum Gasteiger partial charge on any atom is 0.254 e. The molecule has 0 unspecified atom stereocenters. The smallest absolute Gasteiger partial charge is 0.254 e. The maximum absolute atomic E-state index is 13.9. The van der Waals surface area contributed by atoms with E-state index in [2.05, 4.69) is 26.0 Å². The van der Waals surface area contributed by atoms with Gasteiger partial charge in [0.1, 0.15) is 12.4 Å². The molecule has 42 heavy (non-hydrogen) atoms. The SMILES string of the molecule is COc1cc2c(cc1OC)[C@@H](COc1ccc(C(C)C)cc1)N(C(=O)c1ccc(S(=O)(=O)N3CCCCC3)cc1)CC2. The van der Waals surface area contributed by atoms with Crippen molar-refractivity contribution in [1.29, 1.82) is 0 Å². The largest absolute Gasteiger partial charge is 0.493 e. The number of hydrogen-bond donors (Lipinski definition) is 0. The molecule has 0 saturated carbocycles. The van der Waals surface area contributed by atoms with Gasteiger partial charge in [-0.3, -0.25) is 4.79 Å². The van der Waals surface area contributed by atoms with Gasteiger partial charge in [0, 0.05) is 25.2 Å². The number of rotatable bonds is 9. The lowest BCUT2D eigenvalue weighted by Gasteiger charge is -2.37. The normalized spacial score (nSPS) is 17.5. The van der Waals surface area contributed by atoms with Gasteiger partial charge in [-0.25, -0.2) is 8.42 Å². The first-order valence-corrected chi connectivity index (χ1v) is 16.1. The Morgan fingerprint density at radius 1 is 0.881 bits per heavy atom. The minimum Gasteiger partial charge on any atom is -0.493 e. The topological polar surface area (TPSA) is 85.4 Å². The first kappa shape index (κ1) is 29.9. The highest BCUT2D eigenvalue weighted by atomic mass is 32.2. The summed E-state index contributed by atoms with van der Waals surface area (Å²) >= 11 is 0. The molecule has 0 N–H and O–H groups in total. The van der Waals surface area contributed by atoms with Gasteiger partial charge in [-0.2, -0.15) is 4.31 Å². The fourth-order valence-electron chi connectivity index (χ4n) is 5.76. The van der Waals surface area contributed by atoms with Gasteiger partial charge in [-0.1, -0.05) is 32.4 Å². The van der Waals surface area contributed by atoms with Crippen molar-refractivity contribution in [2.24, 2.45) is 0 Å². The van der Waals surface area contributed by atoms with Gasteiger partial charge in [0.25, 0.3) is 5.91 Å². The molecule has 9 heteroatoms. The van der Waals surface area contributed by atoms with E-state index in [9.17, 15) is 13.2 Å². The van der Waals surface area contributed by atoms with Crippen molar-refractivity contribution in [3.8, 4) is 17.2 Å². The number of methoxy groups -OCH3 is 2. The van der Waals surface area contributed by atoms with Gasteiger partial charge in [-0.05, 0) is 90.4 Å². The van der Waals surface area contributed by atoms with E-state index in [-0.39, 0.29) is 23.5 Å². The summed E-state index contributed by atoms with van der Waals surface area (Å²) < 4.78 is 45.2. The van der Waals surface area contributed by atoms with Crippen LogP contribution in [0, 0.1) is 0 Å². The van der Waals surface area contributed by atoms with Crippen LogP contribution in [-0.4, -0.2) is 64.0 Å². The number of nitrogens with zero attached hydrogens (tertiary/aromatic N) is 2. The molecule has 224 valence electrons. The molecule has 0 spiro atoms. The summed E-state index contributed by atoms with van der Waals surface area (Å²) in [6.07, 6.45) is 3.43. The second-order valence-electron chi connectivity index (χ2n) is 11.2. The third-order valence-electron chi connectivity index (χ3n) is 8.27. The first-order chi connectivity index (χ1) is 20.2. The molecule has 0 aliphatic carbocycles. The van der Waals surface area contributed by atoms with Crippen molar-refractivity contribution in [3.63, 3.8) is 0 Å². The van der Waals surface area contributed by atoms with E-state index in [1.54, 1.807) is 38.5 Å². The van der Waals surface area contributed by atoms with E-state index in [1.807, 2.05) is 29.2 Å². The van der Waals surface area contributed by atoms with Crippen LogP contribution in [0.1, 0.15) is 72.1 Å². The first-order valence-electron chi connectivity index (χ1n) is 14.6. The Morgan fingerprint density at radius 3 is 2.14 bits per heavy atom. The minimum atomic E-state index is -3.58. The molecule has 1 amide bonds. The highest BCUT2D eigenvalue weighted by molar-refractivity contribution is 7.89. The third-order valence-corrected chi connectivity index (χ3v) is 10.2. The zero-order chi connectivity index (χ0) is 29.9. The quantitative estimate of drug-likeness (QED) is 0.311. The zero-order valence-electron chi connectivity index (χ0n) is 24.8. The predicted octanol–water partition coefficient (Wildman–Crippen LogP) is 5.82. The van der Waals surface area contributed by atoms with Crippen molar-refractivity contribution in [2.45, 2.75) is 56.4 Å². The molecule has 0 radical (unpaired) electrons. The van der Waals surface area contributed by atoms with E-state index >= 15 is 0 Å². The summed E-state index contributed by atoms with van der Waals surface area (Å²) in [5.74, 6) is 2.20. The Balaban J connectivity index is 1.42. The Labute approximate surface area is 249 Å². The van der Waals surface area contributed by atoms with Crippen LogP contribution < -0.4 is 14.2 Å². The summed E-state index contributed by atoms with van der Waals surface area (Å²) in [6.45, 7) is 6.09. The molecule has 1 fully saturated rings. The van der Waals surface area contributed by atoms with Crippen molar-refractivity contribution >= 4 is 15.9 Å². The van der Waals surface area contributed by atoms with Gasteiger partial charge in [0.05, 0.1) is 25.2 Å². The molecule has 3 aromatic carbocycles. The Bertz CT molecular complexity index is 1500. The molecule has 1 saturated heterocycles. The predicted molar refractivity (Wildman–Crippen MR) is 162 cm³/mol. The minimum absolute atomic E-state index is 0.180. The summed E-state index contributed by atoms with van der Waals surface area (Å²) in [7, 11) is -0.375. The molecule has 1 atom stereocenters. The number of hydrogen-bond acceptors (Lipinski definition) is 6. The van der Waals surface area contributed by atoms with Crippen LogP contribution in [0.2, 0.25) is 0 Å². The summed E-state index contributed by atoms with van der Waals surface area (Å²) in [5, 5.41) is 0. The van der Waals surface area contributed by atoms with Crippen molar-refractivity contribution in [1.82, 2.24) is 9.21 Å². The van der Waals surface area contributed by atoms with E-state index in [4.69, 9.17) is 14.2 Å². The van der Waals surface area contributed by atoms with Crippen molar-refractivity contribution in [2.75, 3.05) is 40.5 Å². The summed E-state index contributed by atoms with van der Waals surface area (Å²) in [4.78, 5) is 16.0. The number of amides is 1. The van der Waals surface area contributed by atoms with Crippen LogP contribution in [0.3, 0.4) is 0 Å². The number of sulfonamides is 1. The highest BCUT2D eigenvalue weighted by Gasteiger charge is 2.34. The van der Waals surface area contributed by atoms with Crippen LogP contribution >= 0.6 is 0 Å². The maximum atomic E-state index is 13.9. The average molecular weight is 593 g/mol. The van der Waals surface area contributed by atoms with Crippen molar-refractivity contribution < 1.29 is 27.4 Å². The molecule has 5 rings (SSSR count). The molecule has 0 aromatic heterocycles. The number of carbonyl (C=O) groups is 1. The number of carbonyl (C=O) groups excluding carboxylic acids is 1. The standard InChI is InChI=1S/C33H40N2O6S/c1-23(2)24-8-12-27(13-9-24)41-22-30-29-21-32(40-4)31(39-3)20-26(29)16-19-35(30)33(36)25-10-14-28(15-11-25)42(37,38)34-17-6-5-7-18-34/h8-15,20-21,23,30H,5-7,16-19,22H2,1-4H3/t30-/m1/s1. The van der Waals surface area contributed by atoms with Gasteiger partial charge < -0.3 is 19.1 Å². The lowest BCUT2D eigenvalue weighted by molar-refractivity contribution is 0.0589. The third kappa shape index (κ3) is 6.13. The van der Waals surface area contributed by atoms with E-state index in [0.29, 0.717) is 49.0 Å². The van der Waals surface area contributed by atoms with Gasteiger partial charge >= 0.3 is 0 Å². The molecular weight excluding hydrogens is 552 g/mol. The highest BCUT2D eigenvalue weighted by Crippen LogP contribution is 2.39. The fraction of sp³-hybridized carbons (Fsp3) is 0.424. The van der Waals surface area contributed by atoms with Crippen LogP contribution in [0.25, 0.3) is 0 Å². The average Bonchev–Trinajstić information content (AvgIpc) is 3.03. The molecule has 0 bridgehead atoms. The van der Waals surface area contributed by atoms with Crippen LogP contribution in [0.15, 0.2) is 65.6 Å². The number of fused-ring (bicyclic) bond motifs is 1. The van der Waals surface area contributed by atoms with E-state index < -0.39 is 10.0 Å². The number of benzene rings is 3. The Hall–Kier alpha value is -3.56. The van der Waals surface area contributed by atoms with Crippen LogP contribution in [0.5, 0.6) is 17.2 Å². The second-order valence-corrected chi connectivity index (χ2v) is 13.1.